The molecule has 0 aliphatic carbocycles. The molecule has 1 aromatic rings. The lowest BCUT2D eigenvalue weighted by molar-refractivity contribution is -0.0506. The number of benzene rings is 1. The Bertz CT molecular complexity index is 673. The van der Waals surface area contributed by atoms with Gasteiger partial charge in [0.2, 0.25) is 10.0 Å². The molecular formula is C13H14Cl2N2O3S. The van der Waals surface area contributed by atoms with E-state index < -0.39 is 10.0 Å². The van der Waals surface area contributed by atoms with E-state index in [0.717, 1.165) is 6.42 Å². The van der Waals surface area contributed by atoms with E-state index in [-0.39, 0.29) is 15.5 Å². The Morgan fingerprint density at radius 3 is 2.57 bits per heavy atom. The zero-order chi connectivity index (χ0) is 15.1. The van der Waals surface area contributed by atoms with Crippen LogP contribution < -0.4 is 0 Å². The standard InChI is InChI=1S/C13H14Cl2N2O3S/c14-10-1-2-11(15)12(9-10)21(18,19)17-7-4-13(5-8-17)3-6-16-20-13/h1-2,6,9H,3-5,7-8H2. The number of hydrogen-bond donors (Lipinski definition) is 0. The fraction of sp³-hybridized carbons (Fsp3) is 0.462. The lowest BCUT2D eigenvalue weighted by Gasteiger charge is -2.36. The first-order chi connectivity index (χ1) is 9.93. The maximum atomic E-state index is 12.7. The number of halogens is 2. The second kappa shape index (κ2) is 5.43. The van der Waals surface area contributed by atoms with Crippen LogP contribution in [0.5, 0.6) is 0 Å². The van der Waals surface area contributed by atoms with E-state index in [9.17, 15) is 8.42 Å². The average molecular weight is 349 g/mol. The second-order valence-electron chi connectivity index (χ2n) is 5.25. The molecule has 0 amide bonds. The summed E-state index contributed by atoms with van der Waals surface area (Å²) in [5.74, 6) is 0. The molecule has 114 valence electrons. The highest BCUT2D eigenvalue weighted by Gasteiger charge is 2.42. The second-order valence-corrected chi connectivity index (χ2v) is 8.00. The van der Waals surface area contributed by atoms with Crippen molar-refractivity contribution < 1.29 is 13.3 Å². The van der Waals surface area contributed by atoms with Gasteiger partial charge in [0, 0.05) is 43.6 Å². The molecule has 21 heavy (non-hydrogen) atoms. The summed E-state index contributed by atoms with van der Waals surface area (Å²) in [6, 6.07) is 4.45. The van der Waals surface area contributed by atoms with Gasteiger partial charge in [0.1, 0.15) is 10.5 Å². The number of hydrogen-bond acceptors (Lipinski definition) is 4. The van der Waals surface area contributed by atoms with Crippen LogP contribution in [-0.2, 0) is 14.9 Å². The van der Waals surface area contributed by atoms with E-state index in [4.69, 9.17) is 28.0 Å². The van der Waals surface area contributed by atoms with E-state index in [1.54, 1.807) is 12.3 Å². The number of sulfonamides is 1. The highest BCUT2D eigenvalue weighted by atomic mass is 35.5. The van der Waals surface area contributed by atoms with Gasteiger partial charge in [-0.1, -0.05) is 28.4 Å². The SMILES string of the molecule is O=S(=O)(c1cc(Cl)ccc1Cl)N1CCC2(CC=NO2)CC1. The summed E-state index contributed by atoms with van der Waals surface area (Å²) in [4.78, 5) is 5.44. The zero-order valence-electron chi connectivity index (χ0n) is 11.1. The molecule has 0 atom stereocenters. The molecule has 8 heteroatoms. The van der Waals surface area contributed by atoms with Gasteiger partial charge in [0.25, 0.3) is 0 Å². The van der Waals surface area contributed by atoms with Crippen LogP contribution in [0, 0.1) is 0 Å². The normalized spacial score (nSPS) is 21.6. The minimum atomic E-state index is -3.64. The fourth-order valence-electron chi connectivity index (χ4n) is 2.63. The molecule has 2 aliphatic rings. The summed E-state index contributed by atoms with van der Waals surface area (Å²) in [6.07, 6.45) is 3.70. The molecule has 2 heterocycles. The predicted molar refractivity (Wildman–Crippen MR) is 81.4 cm³/mol. The topological polar surface area (TPSA) is 59.0 Å². The van der Waals surface area contributed by atoms with Gasteiger partial charge >= 0.3 is 0 Å². The molecule has 0 saturated carbocycles. The Balaban J connectivity index is 1.82. The lowest BCUT2D eigenvalue weighted by Crippen LogP contribution is -2.46. The lowest BCUT2D eigenvalue weighted by atomic mass is 9.90. The molecule has 2 aliphatic heterocycles. The van der Waals surface area contributed by atoms with Crippen LogP contribution in [0.1, 0.15) is 19.3 Å². The summed E-state index contributed by atoms with van der Waals surface area (Å²) in [6.45, 7) is 0.767. The van der Waals surface area contributed by atoms with Crippen molar-refractivity contribution in [1.82, 2.24) is 4.31 Å². The fourth-order valence-corrected chi connectivity index (χ4v) is 4.81. The van der Waals surface area contributed by atoms with Gasteiger partial charge < -0.3 is 4.84 Å². The van der Waals surface area contributed by atoms with Gasteiger partial charge in [-0.2, -0.15) is 4.31 Å². The Morgan fingerprint density at radius 2 is 1.95 bits per heavy atom. The first-order valence-electron chi connectivity index (χ1n) is 6.58. The van der Waals surface area contributed by atoms with E-state index in [0.29, 0.717) is 31.0 Å². The molecule has 5 nitrogen and oxygen atoms in total. The zero-order valence-corrected chi connectivity index (χ0v) is 13.5. The first-order valence-corrected chi connectivity index (χ1v) is 8.78. The maximum Gasteiger partial charge on any atom is 0.244 e. The van der Waals surface area contributed by atoms with Gasteiger partial charge in [0.15, 0.2) is 0 Å². The monoisotopic (exact) mass is 348 g/mol. The predicted octanol–water partition coefficient (Wildman–Crippen LogP) is 2.92. The van der Waals surface area contributed by atoms with E-state index in [1.807, 2.05) is 0 Å². The van der Waals surface area contributed by atoms with Crippen LogP contribution in [-0.4, -0.2) is 37.6 Å². The van der Waals surface area contributed by atoms with Crippen LogP contribution >= 0.6 is 23.2 Å². The quantitative estimate of drug-likeness (QED) is 0.825. The number of nitrogens with zero attached hydrogens (tertiary/aromatic N) is 2. The molecule has 0 unspecified atom stereocenters. The highest BCUT2D eigenvalue weighted by Crippen LogP contribution is 2.35. The molecule has 1 aromatic carbocycles. The van der Waals surface area contributed by atoms with E-state index >= 15 is 0 Å². The van der Waals surface area contributed by atoms with Gasteiger partial charge in [0.05, 0.1) is 5.02 Å². The Kier molecular flexibility index (Phi) is 3.90. The molecule has 0 N–H and O–H groups in total. The number of rotatable bonds is 2. The summed E-state index contributed by atoms with van der Waals surface area (Å²) < 4.78 is 26.8. The largest absolute Gasteiger partial charge is 0.389 e. The maximum absolute atomic E-state index is 12.7. The van der Waals surface area contributed by atoms with E-state index in [1.165, 1.54) is 16.4 Å². The summed E-state index contributed by atoms with van der Waals surface area (Å²) in [7, 11) is -3.64. The van der Waals surface area contributed by atoms with Crippen molar-refractivity contribution >= 4 is 39.4 Å². The first kappa shape index (κ1) is 15.1. The average Bonchev–Trinajstić information content (AvgIpc) is 2.90. The van der Waals surface area contributed by atoms with Gasteiger partial charge in [-0.15, -0.1) is 0 Å². The van der Waals surface area contributed by atoms with Gasteiger partial charge in [-0.3, -0.25) is 0 Å². The molecule has 3 rings (SSSR count). The van der Waals surface area contributed by atoms with Gasteiger partial charge in [-0.05, 0) is 18.2 Å². The van der Waals surface area contributed by atoms with Crippen molar-refractivity contribution in [2.75, 3.05) is 13.1 Å². The highest BCUT2D eigenvalue weighted by molar-refractivity contribution is 7.89. The number of oxime groups is 1. The third-order valence-electron chi connectivity index (χ3n) is 3.93. The summed E-state index contributed by atoms with van der Waals surface area (Å²) in [5.41, 5.74) is -0.329. The molecule has 0 radical (unpaired) electrons. The van der Waals surface area contributed by atoms with Gasteiger partial charge in [-0.25, -0.2) is 8.42 Å². The molecule has 1 fully saturated rings. The Hall–Kier alpha value is -0.820. The molecule has 1 spiro atoms. The van der Waals surface area contributed by atoms with Crippen molar-refractivity contribution in [2.24, 2.45) is 5.16 Å². The minimum absolute atomic E-state index is 0.0520. The van der Waals surface area contributed by atoms with Crippen molar-refractivity contribution in [3.63, 3.8) is 0 Å². The molecular weight excluding hydrogens is 335 g/mol. The Morgan fingerprint density at radius 1 is 1.24 bits per heavy atom. The van der Waals surface area contributed by atoms with Crippen molar-refractivity contribution in [3.05, 3.63) is 28.2 Å². The van der Waals surface area contributed by atoms with E-state index in [2.05, 4.69) is 5.16 Å². The van der Waals surface area contributed by atoms with Crippen LogP contribution in [0.3, 0.4) is 0 Å². The Labute approximate surface area is 133 Å². The molecule has 0 aromatic heterocycles. The summed E-state index contributed by atoms with van der Waals surface area (Å²) in [5, 5.41) is 4.33. The molecule has 0 bridgehead atoms. The molecule has 1 saturated heterocycles. The van der Waals surface area contributed by atoms with Crippen molar-refractivity contribution in [2.45, 2.75) is 29.8 Å². The van der Waals surface area contributed by atoms with Crippen LogP contribution in [0.25, 0.3) is 0 Å². The summed E-state index contributed by atoms with van der Waals surface area (Å²) >= 11 is 11.9. The van der Waals surface area contributed by atoms with Crippen LogP contribution in [0.15, 0.2) is 28.3 Å². The van der Waals surface area contributed by atoms with Crippen molar-refractivity contribution in [3.8, 4) is 0 Å². The van der Waals surface area contributed by atoms with Crippen LogP contribution in [0.4, 0.5) is 0 Å². The smallest absolute Gasteiger partial charge is 0.244 e. The van der Waals surface area contributed by atoms with Crippen molar-refractivity contribution in [1.29, 1.82) is 0 Å². The third-order valence-corrected chi connectivity index (χ3v) is 6.54. The minimum Gasteiger partial charge on any atom is -0.389 e. The number of piperidine rings is 1. The van der Waals surface area contributed by atoms with Crippen LogP contribution in [0.2, 0.25) is 10.0 Å². The third kappa shape index (κ3) is 2.77.